The number of aromatic nitrogens is 3. The van der Waals surface area contributed by atoms with Gasteiger partial charge in [0.05, 0.1) is 31.2 Å². The van der Waals surface area contributed by atoms with Crippen molar-refractivity contribution in [3.63, 3.8) is 0 Å². The topological polar surface area (TPSA) is 102 Å². The quantitative estimate of drug-likeness (QED) is 0.484. The number of carbonyl (C=O) groups excluding carboxylic acids is 1. The van der Waals surface area contributed by atoms with Crippen molar-refractivity contribution in [1.29, 1.82) is 0 Å². The zero-order valence-electron chi connectivity index (χ0n) is 18.4. The molecular formula is C22H27FN6O3. The molecule has 0 bridgehead atoms. The van der Waals surface area contributed by atoms with Gasteiger partial charge in [-0.2, -0.15) is 0 Å². The van der Waals surface area contributed by atoms with E-state index in [4.69, 9.17) is 9.47 Å². The number of halogens is 1. The van der Waals surface area contributed by atoms with Crippen molar-refractivity contribution in [2.45, 2.75) is 38.9 Å². The van der Waals surface area contributed by atoms with E-state index in [9.17, 15) is 9.18 Å². The average Bonchev–Trinajstić information content (AvgIpc) is 3.16. The summed E-state index contributed by atoms with van der Waals surface area (Å²) < 4.78 is 27.2. The molecule has 0 unspecified atom stereocenters. The second kappa shape index (κ2) is 9.39. The summed E-state index contributed by atoms with van der Waals surface area (Å²) in [5.74, 6) is -0.0165. The van der Waals surface area contributed by atoms with E-state index in [1.165, 1.54) is 30.5 Å². The molecule has 0 saturated heterocycles. The molecule has 0 aliphatic heterocycles. The average molecular weight is 442 g/mol. The van der Waals surface area contributed by atoms with Gasteiger partial charge in [0, 0.05) is 19.7 Å². The van der Waals surface area contributed by atoms with Crippen molar-refractivity contribution in [3.8, 4) is 5.75 Å². The van der Waals surface area contributed by atoms with E-state index >= 15 is 0 Å². The lowest BCUT2D eigenvalue weighted by Crippen LogP contribution is -2.27. The fourth-order valence-electron chi connectivity index (χ4n) is 3.55. The zero-order chi connectivity index (χ0) is 22.7. The lowest BCUT2D eigenvalue weighted by atomic mass is 9.96. The van der Waals surface area contributed by atoms with Crippen molar-refractivity contribution >= 4 is 34.4 Å². The highest BCUT2D eigenvalue weighted by molar-refractivity contribution is 5.94. The zero-order valence-corrected chi connectivity index (χ0v) is 18.4. The molecule has 170 valence electrons. The first kappa shape index (κ1) is 21.8. The second-order valence-corrected chi connectivity index (χ2v) is 7.57. The lowest BCUT2D eigenvalue weighted by molar-refractivity contribution is -0.00875. The molecule has 1 amide bonds. The van der Waals surface area contributed by atoms with Gasteiger partial charge in [-0.05, 0) is 43.9 Å². The molecule has 4 rings (SSSR count). The summed E-state index contributed by atoms with van der Waals surface area (Å²) in [6.45, 7) is 2.62. The number of nitrogens with zero attached hydrogens (tertiary/aromatic N) is 3. The number of imidazole rings is 1. The van der Waals surface area contributed by atoms with Crippen molar-refractivity contribution in [2.24, 2.45) is 0 Å². The van der Waals surface area contributed by atoms with Crippen LogP contribution >= 0.6 is 0 Å². The van der Waals surface area contributed by atoms with Gasteiger partial charge in [-0.15, -0.1) is 0 Å². The third-order valence-electron chi connectivity index (χ3n) is 5.43. The number of hydrogen-bond donors (Lipinski definition) is 3. The molecule has 1 fully saturated rings. The van der Waals surface area contributed by atoms with Crippen LogP contribution in [0.3, 0.4) is 0 Å². The number of nitrogens with one attached hydrogen (secondary N) is 3. The highest BCUT2D eigenvalue weighted by Gasteiger charge is 2.20. The largest absolute Gasteiger partial charge is 0.492 e. The van der Waals surface area contributed by atoms with E-state index in [0.29, 0.717) is 47.1 Å². The van der Waals surface area contributed by atoms with E-state index in [2.05, 4.69) is 25.9 Å². The number of anilines is 3. The number of methoxy groups -OCH3 is 1. The number of pyridine rings is 1. The molecule has 32 heavy (non-hydrogen) atoms. The lowest BCUT2D eigenvalue weighted by Gasteiger charge is -2.25. The fourth-order valence-corrected chi connectivity index (χ4v) is 3.55. The van der Waals surface area contributed by atoms with E-state index in [1.54, 1.807) is 19.2 Å². The Morgan fingerprint density at radius 1 is 1.28 bits per heavy atom. The molecule has 0 radical (unpaired) electrons. The molecule has 10 heteroatoms. The van der Waals surface area contributed by atoms with Crippen LogP contribution in [0.25, 0.3) is 11.2 Å². The first-order chi connectivity index (χ1) is 15.5. The van der Waals surface area contributed by atoms with Crippen LogP contribution in [0.5, 0.6) is 5.75 Å². The van der Waals surface area contributed by atoms with Crippen molar-refractivity contribution in [3.05, 3.63) is 35.9 Å². The minimum atomic E-state index is -0.494. The minimum absolute atomic E-state index is 0.0718. The van der Waals surface area contributed by atoms with Crippen LogP contribution in [0.2, 0.25) is 0 Å². The van der Waals surface area contributed by atoms with Crippen molar-refractivity contribution < 1.29 is 18.7 Å². The molecule has 1 saturated carbocycles. The highest BCUT2D eigenvalue weighted by Crippen LogP contribution is 2.34. The molecule has 0 atom stereocenters. The van der Waals surface area contributed by atoms with Gasteiger partial charge in [0.1, 0.15) is 17.7 Å². The molecule has 3 N–H and O–H groups in total. The van der Waals surface area contributed by atoms with Crippen LogP contribution in [0.4, 0.5) is 26.4 Å². The molecule has 1 aliphatic rings. The van der Waals surface area contributed by atoms with Gasteiger partial charge in [0.25, 0.3) is 0 Å². The summed E-state index contributed by atoms with van der Waals surface area (Å²) >= 11 is 0. The van der Waals surface area contributed by atoms with Gasteiger partial charge in [0.2, 0.25) is 0 Å². The van der Waals surface area contributed by atoms with E-state index in [0.717, 1.165) is 12.8 Å². The number of carbonyl (C=O) groups is 1. The number of hydrogen-bond acceptors (Lipinski definition) is 7. The summed E-state index contributed by atoms with van der Waals surface area (Å²) in [7, 11) is 3.16. The number of benzene rings is 1. The molecule has 2 aromatic heterocycles. The van der Waals surface area contributed by atoms with Gasteiger partial charge < -0.3 is 25.4 Å². The van der Waals surface area contributed by atoms with Gasteiger partial charge in [-0.25, -0.2) is 23.7 Å². The van der Waals surface area contributed by atoms with E-state index < -0.39 is 5.82 Å². The Morgan fingerprint density at radius 3 is 2.75 bits per heavy atom. The van der Waals surface area contributed by atoms with Crippen molar-refractivity contribution in [2.75, 3.05) is 31.3 Å². The van der Waals surface area contributed by atoms with Crippen LogP contribution in [-0.4, -0.2) is 47.4 Å². The maximum Gasteiger partial charge on any atom is 0.328 e. The standard InChI is InChI=1S/C22H27FN6O3/c1-4-25-22(30)29-12-26-19-16(24-2)10-18(28-21(19)29)27-17-9-13(8-15(23)20(17)31-3)11-32-14-6-5-7-14/h8-10,12,14H,4-7,11H2,1-3H3,(H,25,30)(H2,24,27,28). The third-order valence-corrected chi connectivity index (χ3v) is 5.43. The molecule has 9 nitrogen and oxygen atoms in total. The van der Waals surface area contributed by atoms with Gasteiger partial charge in [-0.1, -0.05) is 0 Å². The molecular weight excluding hydrogens is 415 g/mol. The summed E-state index contributed by atoms with van der Waals surface area (Å²) in [6, 6.07) is 4.61. The minimum Gasteiger partial charge on any atom is -0.492 e. The summed E-state index contributed by atoms with van der Waals surface area (Å²) in [4.78, 5) is 21.2. The Bertz CT molecular complexity index is 1130. The molecule has 2 heterocycles. The molecule has 0 spiro atoms. The number of rotatable bonds is 8. The second-order valence-electron chi connectivity index (χ2n) is 7.57. The van der Waals surface area contributed by atoms with Crippen LogP contribution in [0, 0.1) is 5.82 Å². The Balaban J connectivity index is 1.68. The van der Waals surface area contributed by atoms with Gasteiger partial charge >= 0.3 is 6.03 Å². The van der Waals surface area contributed by atoms with Crippen LogP contribution in [-0.2, 0) is 11.3 Å². The SMILES string of the molecule is CCNC(=O)n1cnc2c(NC)cc(Nc3cc(COC4CCC4)cc(F)c3OC)nc21. The van der Waals surface area contributed by atoms with Crippen molar-refractivity contribution in [1.82, 2.24) is 19.9 Å². The maximum absolute atomic E-state index is 14.7. The van der Waals surface area contributed by atoms with Crippen LogP contribution < -0.4 is 20.7 Å². The Labute approximate surface area is 185 Å². The van der Waals surface area contributed by atoms with E-state index in [-0.39, 0.29) is 17.9 Å². The molecule has 1 aromatic carbocycles. The third kappa shape index (κ3) is 4.31. The summed E-state index contributed by atoms with van der Waals surface area (Å²) in [6.07, 6.45) is 4.92. The summed E-state index contributed by atoms with van der Waals surface area (Å²) in [5, 5.41) is 8.93. The summed E-state index contributed by atoms with van der Waals surface area (Å²) in [5.41, 5.74) is 2.70. The predicted molar refractivity (Wildman–Crippen MR) is 120 cm³/mol. The van der Waals surface area contributed by atoms with Crippen LogP contribution in [0.15, 0.2) is 24.5 Å². The molecule has 3 aromatic rings. The fraction of sp³-hybridized carbons (Fsp3) is 0.409. The van der Waals surface area contributed by atoms with E-state index in [1.807, 2.05) is 6.92 Å². The Morgan fingerprint density at radius 2 is 2.09 bits per heavy atom. The maximum atomic E-state index is 14.7. The normalized spacial score (nSPS) is 13.6. The van der Waals surface area contributed by atoms with Gasteiger partial charge in [-0.3, -0.25) is 0 Å². The highest BCUT2D eigenvalue weighted by atomic mass is 19.1. The number of amides is 1. The molecule has 1 aliphatic carbocycles. The van der Waals surface area contributed by atoms with Gasteiger partial charge in [0.15, 0.2) is 17.2 Å². The first-order valence-electron chi connectivity index (χ1n) is 10.6. The predicted octanol–water partition coefficient (Wildman–Crippen LogP) is 4.01. The van der Waals surface area contributed by atoms with Crippen LogP contribution in [0.1, 0.15) is 31.7 Å². The Hall–Kier alpha value is -3.40. The first-order valence-corrected chi connectivity index (χ1v) is 10.6. The monoisotopic (exact) mass is 442 g/mol. The number of ether oxygens (including phenoxy) is 2. The number of fused-ring (bicyclic) bond motifs is 1. The Kier molecular flexibility index (Phi) is 6.40. The smallest absolute Gasteiger partial charge is 0.328 e.